The summed E-state index contributed by atoms with van der Waals surface area (Å²) in [5.41, 5.74) is 3.10. The second kappa shape index (κ2) is 4.79. The van der Waals surface area contributed by atoms with Gasteiger partial charge >= 0.3 is 0 Å². The molecule has 0 amide bonds. The lowest BCUT2D eigenvalue weighted by Gasteiger charge is -2.15. The highest BCUT2D eigenvalue weighted by Crippen LogP contribution is 2.30. The summed E-state index contributed by atoms with van der Waals surface area (Å²) in [4.78, 5) is 2.44. The fourth-order valence-electron chi connectivity index (χ4n) is 3.21. The minimum atomic E-state index is 0.745. The van der Waals surface area contributed by atoms with Crippen LogP contribution in [0.1, 0.15) is 35.8 Å². The molecule has 0 radical (unpaired) electrons. The summed E-state index contributed by atoms with van der Waals surface area (Å²) in [5, 5.41) is 3.46. The lowest BCUT2D eigenvalue weighted by Crippen LogP contribution is -2.13. The lowest BCUT2D eigenvalue weighted by atomic mass is 9.91. The van der Waals surface area contributed by atoms with Crippen LogP contribution < -0.4 is 5.32 Å². The summed E-state index contributed by atoms with van der Waals surface area (Å²) in [5.74, 6) is 1.50. The SMILES string of the molecule is CN1CCC(c2cccc(C3CCNC3)c2)C1. The molecule has 2 heterocycles. The minimum absolute atomic E-state index is 0.745. The topological polar surface area (TPSA) is 15.3 Å². The second-order valence-electron chi connectivity index (χ2n) is 5.61. The Bertz CT molecular complexity index is 382. The van der Waals surface area contributed by atoms with Gasteiger partial charge in [0.05, 0.1) is 0 Å². The zero-order valence-electron chi connectivity index (χ0n) is 10.7. The maximum atomic E-state index is 3.46. The molecule has 92 valence electrons. The largest absolute Gasteiger partial charge is 0.316 e. The van der Waals surface area contributed by atoms with Crippen LogP contribution >= 0.6 is 0 Å². The number of nitrogens with one attached hydrogen (secondary N) is 1. The minimum Gasteiger partial charge on any atom is -0.316 e. The predicted molar refractivity (Wildman–Crippen MR) is 71.5 cm³/mol. The summed E-state index contributed by atoms with van der Waals surface area (Å²) in [6.45, 7) is 4.82. The normalized spacial score (nSPS) is 29.9. The predicted octanol–water partition coefficient (Wildman–Crippen LogP) is 2.18. The van der Waals surface area contributed by atoms with Gasteiger partial charge < -0.3 is 10.2 Å². The maximum absolute atomic E-state index is 3.46. The van der Waals surface area contributed by atoms with Gasteiger partial charge in [-0.15, -0.1) is 0 Å². The first-order chi connectivity index (χ1) is 8.33. The van der Waals surface area contributed by atoms with Crippen molar-refractivity contribution in [3.8, 4) is 0 Å². The van der Waals surface area contributed by atoms with Crippen LogP contribution in [0, 0.1) is 0 Å². The van der Waals surface area contributed by atoms with E-state index < -0.39 is 0 Å². The van der Waals surface area contributed by atoms with Crippen LogP contribution in [0.25, 0.3) is 0 Å². The maximum Gasteiger partial charge on any atom is 0.00477 e. The summed E-state index contributed by atoms with van der Waals surface area (Å²) >= 11 is 0. The van der Waals surface area contributed by atoms with Crippen molar-refractivity contribution in [2.75, 3.05) is 33.2 Å². The van der Waals surface area contributed by atoms with Gasteiger partial charge in [-0.05, 0) is 55.9 Å². The van der Waals surface area contributed by atoms with E-state index in [4.69, 9.17) is 0 Å². The van der Waals surface area contributed by atoms with Crippen LogP contribution in [0.4, 0.5) is 0 Å². The molecule has 2 heteroatoms. The number of benzene rings is 1. The van der Waals surface area contributed by atoms with Gasteiger partial charge in [-0.1, -0.05) is 24.3 Å². The average Bonchev–Trinajstić information content (AvgIpc) is 3.00. The van der Waals surface area contributed by atoms with E-state index in [1.54, 1.807) is 11.1 Å². The molecular weight excluding hydrogens is 208 g/mol. The highest BCUT2D eigenvalue weighted by molar-refractivity contribution is 5.30. The van der Waals surface area contributed by atoms with E-state index in [-0.39, 0.29) is 0 Å². The van der Waals surface area contributed by atoms with Crippen LogP contribution in [0.5, 0.6) is 0 Å². The van der Waals surface area contributed by atoms with Crippen LogP contribution in [0.15, 0.2) is 24.3 Å². The first-order valence-corrected chi connectivity index (χ1v) is 6.82. The van der Waals surface area contributed by atoms with E-state index in [1.807, 2.05) is 0 Å². The van der Waals surface area contributed by atoms with E-state index >= 15 is 0 Å². The van der Waals surface area contributed by atoms with E-state index in [9.17, 15) is 0 Å². The summed E-state index contributed by atoms with van der Waals surface area (Å²) < 4.78 is 0. The van der Waals surface area contributed by atoms with Gasteiger partial charge in [0.1, 0.15) is 0 Å². The molecule has 1 N–H and O–H groups in total. The van der Waals surface area contributed by atoms with Crippen LogP contribution in [-0.2, 0) is 0 Å². The fourth-order valence-corrected chi connectivity index (χ4v) is 3.21. The molecule has 2 saturated heterocycles. The molecule has 2 atom stereocenters. The van der Waals surface area contributed by atoms with Crippen molar-refractivity contribution in [1.29, 1.82) is 0 Å². The van der Waals surface area contributed by atoms with Crippen molar-refractivity contribution in [2.24, 2.45) is 0 Å². The van der Waals surface area contributed by atoms with Crippen LogP contribution in [0.3, 0.4) is 0 Å². The number of hydrogen-bond donors (Lipinski definition) is 1. The molecule has 0 bridgehead atoms. The smallest absolute Gasteiger partial charge is 0.00477 e. The Kier molecular flexibility index (Phi) is 3.17. The zero-order chi connectivity index (χ0) is 11.7. The highest BCUT2D eigenvalue weighted by Gasteiger charge is 2.22. The van der Waals surface area contributed by atoms with Crippen molar-refractivity contribution in [1.82, 2.24) is 10.2 Å². The molecule has 1 aromatic carbocycles. The quantitative estimate of drug-likeness (QED) is 0.838. The Labute approximate surface area is 104 Å². The van der Waals surface area contributed by atoms with E-state index in [0.717, 1.165) is 18.4 Å². The molecule has 0 spiro atoms. The number of likely N-dealkylation sites (tertiary alicyclic amines) is 1. The Morgan fingerprint density at radius 1 is 1.18 bits per heavy atom. The molecule has 0 saturated carbocycles. The van der Waals surface area contributed by atoms with Gasteiger partial charge in [-0.3, -0.25) is 0 Å². The number of nitrogens with zero attached hydrogens (tertiary/aromatic N) is 1. The van der Waals surface area contributed by atoms with E-state index in [2.05, 4.69) is 41.5 Å². The van der Waals surface area contributed by atoms with Gasteiger partial charge in [0, 0.05) is 13.1 Å². The average molecular weight is 230 g/mol. The molecule has 2 unspecified atom stereocenters. The summed E-state index contributed by atoms with van der Waals surface area (Å²) in [6.07, 6.45) is 2.62. The van der Waals surface area contributed by atoms with E-state index in [1.165, 1.54) is 32.5 Å². The van der Waals surface area contributed by atoms with Gasteiger partial charge in [0.2, 0.25) is 0 Å². The Balaban J connectivity index is 1.78. The van der Waals surface area contributed by atoms with Crippen molar-refractivity contribution in [2.45, 2.75) is 24.7 Å². The third-order valence-electron chi connectivity index (χ3n) is 4.31. The third-order valence-corrected chi connectivity index (χ3v) is 4.31. The Hall–Kier alpha value is -0.860. The number of rotatable bonds is 2. The number of hydrogen-bond acceptors (Lipinski definition) is 2. The molecule has 2 nitrogen and oxygen atoms in total. The van der Waals surface area contributed by atoms with Crippen molar-refractivity contribution in [3.63, 3.8) is 0 Å². The highest BCUT2D eigenvalue weighted by atomic mass is 15.1. The Morgan fingerprint density at radius 2 is 2.00 bits per heavy atom. The first kappa shape index (κ1) is 11.2. The fraction of sp³-hybridized carbons (Fsp3) is 0.600. The molecule has 0 aliphatic carbocycles. The van der Waals surface area contributed by atoms with E-state index in [0.29, 0.717) is 0 Å². The number of likely N-dealkylation sites (N-methyl/N-ethyl adjacent to an activating group) is 1. The Morgan fingerprint density at radius 3 is 2.65 bits per heavy atom. The third kappa shape index (κ3) is 2.38. The standard InChI is InChI=1S/C15H22N2/c1-17-8-6-15(11-17)13-4-2-3-12(9-13)14-5-7-16-10-14/h2-4,9,14-16H,5-8,10-11H2,1H3. The summed E-state index contributed by atoms with van der Waals surface area (Å²) in [7, 11) is 2.23. The van der Waals surface area contributed by atoms with Gasteiger partial charge in [0.15, 0.2) is 0 Å². The van der Waals surface area contributed by atoms with Gasteiger partial charge in [0.25, 0.3) is 0 Å². The molecule has 2 fully saturated rings. The zero-order valence-corrected chi connectivity index (χ0v) is 10.7. The van der Waals surface area contributed by atoms with Gasteiger partial charge in [-0.25, -0.2) is 0 Å². The van der Waals surface area contributed by atoms with Crippen molar-refractivity contribution in [3.05, 3.63) is 35.4 Å². The molecule has 1 aromatic rings. The summed E-state index contributed by atoms with van der Waals surface area (Å²) in [6, 6.07) is 9.33. The second-order valence-corrected chi connectivity index (χ2v) is 5.61. The van der Waals surface area contributed by atoms with Crippen LogP contribution in [-0.4, -0.2) is 38.1 Å². The molecule has 17 heavy (non-hydrogen) atoms. The van der Waals surface area contributed by atoms with Crippen molar-refractivity contribution >= 4 is 0 Å². The molecular formula is C15H22N2. The monoisotopic (exact) mass is 230 g/mol. The van der Waals surface area contributed by atoms with Crippen molar-refractivity contribution < 1.29 is 0 Å². The molecule has 2 aliphatic heterocycles. The molecule has 2 aliphatic rings. The lowest BCUT2D eigenvalue weighted by molar-refractivity contribution is 0.411. The first-order valence-electron chi connectivity index (χ1n) is 6.82. The molecule has 0 aromatic heterocycles. The van der Waals surface area contributed by atoms with Crippen LogP contribution in [0.2, 0.25) is 0 Å². The molecule has 3 rings (SSSR count). The van der Waals surface area contributed by atoms with Gasteiger partial charge in [-0.2, -0.15) is 0 Å².